The number of nitrogens with zero attached hydrogens (tertiary/aromatic N) is 1. The minimum Gasteiger partial charge on any atom is -0.316 e. The summed E-state index contributed by atoms with van der Waals surface area (Å²) in [5.74, 6) is 0.225. The maximum Gasteiger partial charge on any atom is 0.227 e. The summed E-state index contributed by atoms with van der Waals surface area (Å²) < 4.78 is 0.594. The summed E-state index contributed by atoms with van der Waals surface area (Å²) in [5, 5.41) is 0. The van der Waals surface area contributed by atoms with Gasteiger partial charge in [0.15, 0.2) is 5.54 Å². The highest BCUT2D eigenvalue weighted by atomic mass is 16.1. The van der Waals surface area contributed by atoms with Crippen LogP contribution < -0.4 is 0 Å². The number of hydrogen-bond acceptors (Lipinski definition) is 1. The summed E-state index contributed by atoms with van der Waals surface area (Å²) in [6.07, 6.45) is 5.54. The summed E-state index contributed by atoms with van der Waals surface area (Å²) in [6, 6.07) is 20.1. The maximum absolute atomic E-state index is 13.8. The van der Waals surface area contributed by atoms with Gasteiger partial charge in [0.25, 0.3) is 0 Å². The topological polar surface area (TPSA) is 17.1 Å². The smallest absolute Gasteiger partial charge is 0.227 e. The molecule has 0 saturated carbocycles. The van der Waals surface area contributed by atoms with Crippen molar-refractivity contribution in [1.29, 1.82) is 0 Å². The highest BCUT2D eigenvalue weighted by Gasteiger charge is 2.51. The zero-order chi connectivity index (χ0) is 18.3. The highest BCUT2D eigenvalue weighted by molar-refractivity contribution is 6.03. The van der Waals surface area contributed by atoms with Crippen LogP contribution in [-0.4, -0.2) is 31.4 Å². The molecule has 2 aromatic carbocycles. The number of rotatable bonds is 9. The predicted molar refractivity (Wildman–Crippen MR) is 106 cm³/mol. The van der Waals surface area contributed by atoms with Crippen LogP contribution in [0.25, 0.3) is 0 Å². The molecule has 1 atom stereocenters. The molecule has 0 aliphatic carbocycles. The second-order valence-corrected chi connectivity index (χ2v) is 7.74. The van der Waals surface area contributed by atoms with E-state index in [-0.39, 0.29) is 5.78 Å². The van der Waals surface area contributed by atoms with E-state index in [0.29, 0.717) is 4.48 Å². The summed E-state index contributed by atoms with van der Waals surface area (Å²) in [5.41, 5.74) is 1.36. The van der Waals surface area contributed by atoms with E-state index in [9.17, 15) is 4.79 Å². The molecule has 0 aromatic heterocycles. The van der Waals surface area contributed by atoms with Gasteiger partial charge in [0.1, 0.15) is 0 Å². The average Bonchev–Trinajstić information content (AvgIpc) is 2.62. The van der Waals surface area contributed by atoms with Crippen LogP contribution in [0.3, 0.4) is 0 Å². The molecule has 2 heteroatoms. The molecule has 0 heterocycles. The SMILES string of the molecule is CCCCCCC(C(=O)c1ccccc1)(c1ccccc1)[N+](C)(C)C. The first-order valence-corrected chi connectivity index (χ1v) is 9.40. The summed E-state index contributed by atoms with van der Waals surface area (Å²) in [6.45, 7) is 2.22. The Hall–Kier alpha value is -1.93. The molecule has 0 bridgehead atoms. The third-order valence-electron chi connectivity index (χ3n) is 5.20. The van der Waals surface area contributed by atoms with Crippen molar-refractivity contribution in [2.75, 3.05) is 21.1 Å². The lowest BCUT2D eigenvalue weighted by Gasteiger charge is -2.45. The van der Waals surface area contributed by atoms with Gasteiger partial charge >= 0.3 is 0 Å². The molecule has 2 aromatic rings. The molecule has 25 heavy (non-hydrogen) atoms. The van der Waals surface area contributed by atoms with Gasteiger partial charge in [-0.05, 0) is 6.42 Å². The number of unbranched alkanes of at least 4 members (excludes halogenated alkanes) is 3. The molecule has 0 aliphatic rings. The lowest BCUT2D eigenvalue weighted by atomic mass is 9.76. The first kappa shape index (κ1) is 19.4. The van der Waals surface area contributed by atoms with Crippen LogP contribution >= 0.6 is 0 Å². The number of carbonyl (C=O) groups is 1. The monoisotopic (exact) mass is 338 g/mol. The van der Waals surface area contributed by atoms with Crippen LogP contribution in [0.5, 0.6) is 0 Å². The molecule has 0 amide bonds. The van der Waals surface area contributed by atoms with E-state index < -0.39 is 5.54 Å². The number of hydrogen-bond donors (Lipinski definition) is 0. The molecule has 0 fully saturated rings. The Bertz CT molecular complexity index is 657. The summed E-state index contributed by atoms with van der Waals surface area (Å²) in [7, 11) is 6.44. The number of quaternary nitrogens is 1. The van der Waals surface area contributed by atoms with E-state index in [1.165, 1.54) is 19.3 Å². The Labute approximate surface area is 153 Å². The van der Waals surface area contributed by atoms with Crippen LogP contribution in [0.4, 0.5) is 0 Å². The van der Waals surface area contributed by atoms with Crippen molar-refractivity contribution in [3.8, 4) is 0 Å². The summed E-state index contributed by atoms with van der Waals surface area (Å²) >= 11 is 0. The minimum atomic E-state index is -0.559. The fraction of sp³-hybridized carbons (Fsp3) is 0.435. The third-order valence-corrected chi connectivity index (χ3v) is 5.20. The van der Waals surface area contributed by atoms with Gasteiger partial charge in [-0.25, -0.2) is 0 Å². The Morgan fingerprint density at radius 3 is 1.92 bits per heavy atom. The lowest BCUT2D eigenvalue weighted by Crippen LogP contribution is -2.59. The molecule has 0 radical (unpaired) electrons. The third kappa shape index (κ3) is 4.19. The lowest BCUT2D eigenvalue weighted by molar-refractivity contribution is -0.920. The van der Waals surface area contributed by atoms with Crippen molar-refractivity contribution in [2.45, 2.75) is 44.6 Å². The van der Waals surface area contributed by atoms with Gasteiger partial charge in [0.05, 0.1) is 21.1 Å². The number of carbonyl (C=O) groups excluding carboxylic acids is 1. The predicted octanol–water partition coefficient (Wildman–Crippen LogP) is 5.44. The van der Waals surface area contributed by atoms with Crippen LogP contribution in [0.2, 0.25) is 0 Å². The van der Waals surface area contributed by atoms with E-state index in [4.69, 9.17) is 0 Å². The second-order valence-electron chi connectivity index (χ2n) is 7.74. The molecule has 2 rings (SSSR count). The van der Waals surface area contributed by atoms with Gasteiger partial charge in [0.2, 0.25) is 5.78 Å². The van der Waals surface area contributed by atoms with Gasteiger partial charge < -0.3 is 4.48 Å². The van der Waals surface area contributed by atoms with Crippen molar-refractivity contribution in [3.05, 3.63) is 71.8 Å². The standard InChI is InChI=1S/C23H32NO/c1-5-6-7-14-19-23(24(2,3)4,21-17-12-9-13-18-21)22(25)20-15-10-8-11-16-20/h8-13,15-18H,5-7,14,19H2,1-4H3/q+1. The second kappa shape index (κ2) is 8.44. The van der Waals surface area contributed by atoms with E-state index in [1.807, 2.05) is 48.5 Å². The van der Waals surface area contributed by atoms with Gasteiger partial charge in [-0.3, -0.25) is 4.79 Å². The fourth-order valence-corrected chi connectivity index (χ4v) is 3.77. The number of likely N-dealkylation sites (N-methyl/N-ethyl adjacent to an activating group) is 1. The van der Waals surface area contributed by atoms with Gasteiger partial charge in [-0.2, -0.15) is 0 Å². The van der Waals surface area contributed by atoms with Crippen LogP contribution in [-0.2, 0) is 5.54 Å². The molecule has 0 aliphatic heterocycles. The Balaban J connectivity index is 2.53. The zero-order valence-electron chi connectivity index (χ0n) is 16.2. The quantitative estimate of drug-likeness (QED) is 0.338. The molecule has 2 nitrogen and oxygen atoms in total. The molecule has 0 saturated heterocycles. The fourth-order valence-electron chi connectivity index (χ4n) is 3.77. The molecule has 0 spiro atoms. The normalized spacial score (nSPS) is 14.1. The number of ketones is 1. The highest BCUT2D eigenvalue weighted by Crippen LogP contribution is 2.39. The van der Waals surface area contributed by atoms with E-state index in [2.05, 4.69) is 40.2 Å². The number of Topliss-reactive ketones (excluding diaryl/α,β-unsaturated/α-hetero) is 1. The van der Waals surface area contributed by atoms with Gasteiger partial charge in [0, 0.05) is 17.5 Å². The van der Waals surface area contributed by atoms with E-state index in [0.717, 1.165) is 24.0 Å². The molecule has 0 N–H and O–H groups in total. The van der Waals surface area contributed by atoms with Gasteiger partial charge in [-0.1, -0.05) is 86.8 Å². The Kier molecular flexibility index (Phi) is 6.55. The van der Waals surface area contributed by atoms with Crippen molar-refractivity contribution in [3.63, 3.8) is 0 Å². The molecular weight excluding hydrogens is 306 g/mol. The molecule has 1 unspecified atom stereocenters. The van der Waals surface area contributed by atoms with Crippen LogP contribution in [0.1, 0.15) is 54.9 Å². The van der Waals surface area contributed by atoms with Crippen molar-refractivity contribution < 1.29 is 9.28 Å². The summed E-state index contributed by atoms with van der Waals surface area (Å²) in [4.78, 5) is 13.8. The van der Waals surface area contributed by atoms with Crippen molar-refractivity contribution in [2.24, 2.45) is 0 Å². The van der Waals surface area contributed by atoms with Crippen LogP contribution in [0, 0.1) is 0 Å². The molecular formula is C23H32NO+. The Morgan fingerprint density at radius 1 is 0.840 bits per heavy atom. The zero-order valence-corrected chi connectivity index (χ0v) is 16.2. The van der Waals surface area contributed by atoms with Crippen molar-refractivity contribution >= 4 is 5.78 Å². The first-order chi connectivity index (χ1) is 11.9. The van der Waals surface area contributed by atoms with Crippen LogP contribution in [0.15, 0.2) is 60.7 Å². The molecule has 134 valence electrons. The Morgan fingerprint density at radius 2 is 1.40 bits per heavy atom. The van der Waals surface area contributed by atoms with E-state index >= 15 is 0 Å². The van der Waals surface area contributed by atoms with Gasteiger partial charge in [-0.15, -0.1) is 0 Å². The average molecular weight is 339 g/mol. The number of benzene rings is 2. The minimum absolute atomic E-state index is 0.225. The maximum atomic E-state index is 13.8. The van der Waals surface area contributed by atoms with Crippen molar-refractivity contribution in [1.82, 2.24) is 0 Å². The largest absolute Gasteiger partial charge is 0.316 e. The van der Waals surface area contributed by atoms with E-state index in [1.54, 1.807) is 0 Å². The first-order valence-electron chi connectivity index (χ1n) is 9.40.